The van der Waals surface area contributed by atoms with Crippen molar-refractivity contribution in [1.82, 2.24) is 0 Å². The lowest BCUT2D eigenvalue weighted by molar-refractivity contribution is -0.137. The summed E-state index contributed by atoms with van der Waals surface area (Å²) >= 11 is 2.13. The molecule has 0 fully saturated rings. The third kappa shape index (κ3) is 3.67. The van der Waals surface area contributed by atoms with E-state index in [4.69, 9.17) is 10.4 Å². The summed E-state index contributed by atoms with van der Waals surface area (Å²) in [5.74, 6) is -2.38. The largest absolute Gasteiger partial charge is 0.480 e. The number of carboxylic acid groups (broad SMARTS) is 1. The van der Waals surface area contributed by atoms with Crippen LogP contribution in [0.3, 0.4) is 0 Å². The molecule has 0 aliphatic rings. The maximum atomic E-state index is 10.5. The predicted octanol–water partition coefficient (Wildman–Crippen LogP) is 2.22. The van der Waals surface area contributed by atoms with Crippen molar-refractivity contribution in [2.45, 2.75) is 0 Å². The summed E-state index contributed by atoms with van der Waals surface area (Å²) < 4.78 is 1.01. The van der Waals surface area contributed by atoms with E-state index < -0.39 is 11.9 Å². The number of nitriles is 1. The minimum absolute atomic E-state index is 0.642. The molecule has 1 atom stereocenters. The Morgan fingerprint density at radius 2 is 2.40 bits per heavy atom. The van der Waals surface area contributed by atoms with Crippen molar-refractivity contribution in [1.29, 1.82) is 5.26 Å². The Bertz CT molecular complexity index is 437. The molecule has 15 heavy (non-hydrogen) atoms. The molecule has 4 nitrogen and oxygen atoms in total. The smallest absolute Gasteiger partial charge is 0.326 e. The zero-order valence-corrected chi connectivity index (χ0v) is 9.75. The molecule has 1 N–H and O–H groups in total. The molecular formula is C10H7IN2O2. The first-order valence-electron chi connectivity index (χ1n) is 4.05. The number of halogens is 1. The van der Waals surface area contributed by atoms with Crippen molar-refractivity contribution in [3.05, 3.63) is 27.8 Å². The number of carboxylic acids is 1. The fraction of sp³-hybridized carbons (Fsp3) is 0.100. The number of hydrogen-bond acceptors (Lipinski definition) is 3. The second kappa shape index (κ2) is 5.46. The second-order valence-electron chi connectivity index (χ2n) is 2.70. The minimum Gasteiger partial charge on any atom is -0.480 e. The van der Waals surface area contributed by atoms with Crippen LogP contribution in [-0.4, -0.2) is 17.3 Å². The van der Waals surface area contributed by atoms with Gasteiger partial charge in [0.1, 0.15) is 0 Å². The van der Waals surface area contributed by atoms with Crippen molar-refractivity contribution in [2.24, 2.45) is 10.9 Å². The van der Waals surface area contributed by atoms with Crippen molar-refractivity contribution in [2.75, 3.05) is 0 Å². The minimum atomic E-state index is -1.19. The Labute approximate surface area is 100 Å². The molecule has 0 saturated heterocycles. The molecule has 0 aromatic heterocycles. The van der Waals surface area contributed by atoms with E-state index in [0.717, 1.165) is 9.78 Å². The first kappa shape index (κ1) is 11.7. The zero-order valence-electron chi connectivity index (χ0n) is 7.59. The van der Waals surface area contributed by atoms with Gasteiger partial charge in [0.2, 0.25) is 0 Å². The fourth-order valence-electron chi connectivity index (χ4n) is 0.869. The molecule has 1 rings (SSSR count). The molecule has 1 aromatic rings. The average Bonchev–Trinajstić information content (AvgIpc) is 2.18. The SMILES string of the molecule is N#CC(C=Nc1cccc(I)c1)C(=O)O. The number of carbonyl (C=O) groups is 1. The van der Waals surface area contributed by atoms with E-state index in [0.29, 0.717) is 5.69 Å². The van der Waals surface area contributed by atoms with Crippen LogP contribution in [0.25, 0.3) is 0 Å². The Hall–Kier alpha value is -1.42. The molecular weight excluding hydrogens is 307 g/mol. The molecule has 0 bridgehead atoms. The Kier molecular flexibility index (Phi) is 4.24. The van der Waals surface area contributed by atoms with Gasteiger partial charge in [0.05, 0.1) is 11.8 Å². The van der Waals surface area contributed by atoms with E-state index in [2.05, 4.69) is 27.6 Å². The predicted molar refractivity (Wildman–Crippen MR) is 64.0 cm³/mol. The molecule has 1 unspecified atom stereocenters. The Morgan fingerprint density at radius 1 is 1.67 bits per heavy atom. The number of benzene rings is 1. The third-order valence-electron chi connectivity index (χ3n) is 1.59. The number of aliphatic imine (C=N–C) groups is 1. The number of hydrogen-bond donors (Lipinski definition) is 1. The van der Waals surface area contributed by atoms with Crippen LogP contribution < -0.4 is 0 Å². The van der Waals surface area contributed by atoms with Crippen molar-refractivity contribution < 1.29 is 9.90 Å². The first-order valence-corrected chi connectivity index (χ1v) is 5.13. The van der Waals surface area contributed by atoms with Crippen LogP contribution in [0, 0.1) is 20.8 Å². The molecule has 0 heterocycles. The summed E-state index contributed by atoms with van der Waals surface area (Å²) in [6.07, 6.45) is 1.13. The summed E-state index contributed by atoms with van der Waals surface area (Å²) in [4.78, 5) is 14.4. The second-order valence-corrected chi connectivity index (χ2v) is 3.95. The zero-order chi connectivity index (χ0) is 11.3. The van der Waals surface area contributed by atoms with E-state index in [9.17, 15) is 4.79 Å². The van der Waals surface area contributed by atoms with Gasteiger partial charge in [-0.1, -0.05) is 6.07 Å². The van der Waals surface area contributed by atoms with Crippen molar-refractivity contribution in [3.8, 4) is 6.07 Å². The quantitative estimate of drug-likeness (QED) is 0.687. The number of rotatable bonds is 3. The highest BCUT2D eigenvalue weighted by Crippen LogP contribution is 2.15. The maximum Gasteiger partial charge on any atom is 0.326 e. The summed E-state index contributed by atoms with van der Waals surface area (Å²) in [5, 5.41) is 17.1. The lowest BCUT2D eigenvalue weighted by atomic mass is 10.2. The Morgan fingerprint density at radius 3 is 2.93 bits per heavy atom. The number of aliphatic carboxylic acids is 1. The van der Waals surface area contributed by atoms with Gasteiger partial charge in [-0.3, -0.25) is 9.79 Å². The van der Waals surface area contributed by atoms with Gasteiger partial charge in [0.25, 0.3) is 0 Å². The standard InChI is InChI=1S/C10H7IN2O2/c11-8-2-1-3-9(4-8)13-6-7(5-12)10(14)15/h1-4,6-7H,(H,14,15). The van der Waals surface area contributed by atoms with E-state index in [1.165, 1.54) is 0 Å². The maximum absolute atomic E-state index is 10.5. The van der Waals surface area contributed by atoms with Gasteiger partial charge in [-0.05, 0) is 40.8 Å². The van der Waals surface area contributed by atoms with E-state index in [-0.39, 0.29) is 0 Å². The summed E-state index contributed by atoms with van der Waals surface area (Å²) in [6.45, 7) is 0. The van der Waals surface area contributed by atoms with Gasteiger partial charge in [0, 0.05) is 9.78 Å². The third-order valence-corrected chi connectivity index (χ3v) is 2.26. The van der Waals surface area contributed by atoms with Crippen molar-refractivity contribution in [3.63, 3.8) is 0 Å². The Balaban J connectivity index is 2.82. The van der Waals surface area contributed by atoms with E-state index in [1.807, 2.05) is 12.1 Å². The average molecular weight is 314 g/mol. The number of nitrogens with zero attached hydrogens (tertiary/aromatic N) is 2. The normalized spacial score (nSPS) is 12.3. The summed E-state index contributed by atoms with van der Waals surface area (Å²) in [7, 11) is 0. The molecule has 0 aliphatic carbocycles. The topological polar surface area (TPSA) is 73.5 Å². The summed E-state index contributed by atoms with van der Waals surface area (Å²) in [5.41, 5.74) is 0.642. The van der Waals surface area contributed by atoms with E-state index >= 15 is 0 Å². The summed E-state index contributed by atoms with van der Waals surface area (Å²) in [6, 6.07) is 8.90. The van der Waals surface area contributed by atoms with E-state index in [1.54, 1.807) is 18.2 Å². The molecule has 0 spiro atoms. The fourth-order valence-corrected chi connectivity index (χ4v) is 1.40. The molecule has 1 aromatic carbocycles. The van der Waals surface area contributed by atoms with Crippen LogP contribution in [0.2, 0.25) is 0 Å². The van der Waals surface area contributed by atoms with Gasteiger partial charge in [-0.15, -0.1) is 0 Å². The molecule has 76 valence electrons. The highest BCUT2D eigenvalue weighted by Gasteiger charge is 2.12. The lowest BCUT2D eigenvalue weighted by Crippen LogP contribution is -2.12. The van der Waals surface area contributed by atoms with Gasteiger partial charge in [-0.2, -0.15) is 5.26 Å². The van der Waals surface area contributed by atoms with Crippen LogP contribution in [0.1, 0.15) is 0 Å². The molecule has 0 radical (unpaired) electrons. The van der Waals surface area contributed by atoms with Gasteiger partial charge in [0.15, 0.2) is 5.92 Å². The van der Waals surface area contributed by atoms with Gasteiger partial charge < -0.3 is 5.11 Å². The van der Waals surface area contributed by atoms with Crippen LogP contribution in [0.5, 0.6) is 0 Å². The molecule has 0 amide bonds. The van der Waals surface area contributed by atoms with Crippen LogP contribution in [0.15, 0.2) is 29.3 Å². The first-order chi connectivity index (χ1) is 7.13. The van der Waals surface area contributed by atoms with Crippen LogP contribution >= 0.6 is 22.6 Å². The molecule has 0 aliphatic heterocycles. The van der Waals surface area contributed by atoms with Crippen molar-refractivity contribution >= 4 is 40.5 Å². The lowest BCUT2D eigenvalue weighted by Gasteiger charge is -1.96. The molecule has 5 heteroatoms. The van der Waals surface area contributed by atoms with Gasteiger partial charge >= 0.3 is 5.97 Å². The van der Waals surface area contributed by atoms with Gasteiger partial charge in [-0.25, -0.2) is 0 Å². The highest BCUT2D eigenvalue weighted by atomic mass is 127. The monoisotopic (exact) mass is 314 g/mol. The molecule has 0 saturated carbocycles. The highest BCUT2D eigenvalue weighted by molar-refractivity contribution is 14.1. The van der Waals surface area contributed by atoms with Crippen LogP contribution in [0.4, 0.5) is 5.69 Å². The van der Waals surface area contributed by atoms with Crippen LogP contribution in [-0.2, 0) is 4.79 Å².